The predicted octanol–water partition coefficient (Wildman–Crippen LogP) is 4.16. The molecule has 3 heterocycles. The standard InChI is InChI=1S/C16H14BrN5OS2/c17-9-2-3-13(23)10(6-9)14-20-11(7-24-14)12-8-25-16(21-12)22-15-18-4-1-5-19-15/h2-3,6-8,23H,1,4-5H2,(H2,18,19,21,22). The minimum Gasteiger partial charge on any atom is -0.507 e. The van der Waals surface area contributed by atoms with Crippen LogP contribution in [0.15, 0.2) is 38.4 Å². The highest BCUT2D eigenvalue weighted by Crippen LogP contribution is 2.36. The number of guanidine groups is 1. The molecule has 0 saturated carbocycles. The van der Waals surface area contributed by atoms with Gasteiger partial charge in [-0.2, -0.15) is 0 Å². The summed E-state index contributed by atoms with van der Waals surface area (Å²) in [4.78, 5) is 13.6. The lowest BCUT2D eigenvalue weighted by atomic mass is 10.2. The molecule has 128 valence electrons. The third kappa shape index (κ3) is 3.68. The molecule has 1 aliphatic heterocycles. The Labute approximate surface area is 160 Å². The van der Waals surface area contributed by atoms with Gasteiger partial charge in [-0.1, -0.05) is 15.9 Å². The highest BCUT2D eigenvalue weighted by atomic mass is 79.9. The van der Waals surface area contributed by atoms with Crippen molar-refractivity contribution < 1.29 is 5.11 Å². The summed E-state index contributed by atoms with van der Waals surface area (Å²) in [5.41, 5.74) is 2.31. The molecule has 25 heavy (non-hydrogen) atoms. The first-order valence-electron chi connectivity index (χ1n) is 7.65. The molecule has 0 spiro atoms. The van der Waals surface area contributed by atoms with E-state index < -0.39 is 0 Å². The zero-order valence-corrected chi connectivity index (χ0v) is 16.2. The van der Waals surface area contributed by atoms with Crippen molar-refractivity contribution in [1.29, 1.82) is 0 Å². The van der Waals surface area contributed by atoms with Crippen LogP contribution in [0.3, 0.4) is 0 Å². The van der Waals surface area contributed by atoms with Gasteiger partial charge in [-0.25, -0.2) is 9.97 Å². The Morgan fingerprint density at radius 1 is 1.16 bits per heavy atom. The highest BCUT2D eigenvalue weighted by Gasteiger charge is 2.14. The van der Waals surface area contributed by atoms with Gasteiger partial charge in [-0.15, -0.1) is 22.7 Å². The van der Waals surface area contributed by atoms with Gasteiger partial charge in [0.05, 0.1) is 5.56 Å². The van der Waals surface area contributed by atoms with Gasteiger partial charge in [0.2, 0.25) is 0 Å². The van der Waals surface area contributed by atoms with Crippen LogP contribution in [-0.2, 0) is 0 Å². The van der Waals surface area contributed by atoms with Crippen LogP contribution in [0.25, 0.3) is 22.0 Å². The Morgan fingerprint density at radius 3 is 2.84 bits per heavy atom. The van der Waals surface area contributed by atoms with E-state index in [9.17, 15) is 5.11 Å². The van der Waals surface area contributed by atoms with Gasteiger partial charge >= 0.3 is 0 Å². The minimum absolute atomic E-state index is 0.214. The number of hydrogen-bond acceptors (Lipinski definition) is 8. The molecule has 0 radical (unpaired) electrons. The van der Waals surface area contributed by atoms with Crippen molar-refractivity contribution in [3.8, 4) is 27.7 Å². The van der Waals surface area contributed by atoms with E-state index in [4.69, 9.17) is 0 Å². The van der Waals surface area contributed by atoms with E-state index in [-0.39, 0.29) is 5.75 Å². The van der Waals surface area contributed by atoms with Crippen molar-refractivity contribution in [3.63, 3.8) is 0 Å². The zero-order valence-electron chi connectivity index (χ0n) is 13.0. The number of benzene rings is 1. The average molecular weight is 436 g/mol. The van der Waals surface area contributed by atoms with Crippen LogP contribution in [0.2, 0.25) is 0 Å². The lowest BCUT2D eigenvalue weighted by Crippen LogP contribution is -2.35. The van der Waals surface area contributed by atoms with Crippen LogP contribution in [0.5, 0.6) is 5.75 Å². The molecule has 0 amide bonds. The van der Waals surface area contributed by atoms with Crippen LogP contribution in [-0.4, -0.2) is 34.1 Å². The maximum Gasteiger partial charge on any atom is 0.197 e. The minimum atomic E-state index is 0.214. The first kappa shape index (κ1) is 16.5. The largest absolute Gasteiger partial charge is 0.507 e. The molecule has 4 rings (SSSR count). The number of aromatic nitrogens is 2. The molecule has 2 aromatic heterocycles. The fraction of sp³-hybridized carbons (Fsp3) is 0.188. The molecule has 0 bridgehead atoms. The number of hydrogen-bond donors (Lipinski definition) is 3. The van der Waals surface area contributed by atoms with Crippen LogP contribution in [0.4, 0.5) is 5.13 Å². The lowest BCUT2D eigenvalue weighted by molar-refractivity contribution is 0.477. The molecule has 0 saturated heterocycles. The van der Waals surface area contributed by atoms with Gasteiger partial charge in [0.15, 0.2) is 11.1 Å². The maximum atomic E-state index is 10.1. The Balaban J connectivity index is 1.56. The molecule has 9 heteroatoms. The summed E-state index contributed by atoms with van der Waals surface area (Å²) in [6.07, 6.45) is 1.05. The third-order valence-corrected chi connectivity index (χ3v) is 5.71. The predicted molar refractivity (Wildman–Crippen MR) is 107 cm³/mol. The number of aromatic hydroxyl groups is 1. The maximum absolute atomic E-state index is 10.1. The van der Waals surface area contributed by atoms with Gasteiger partial charge in [0.1, 0.15) is 22.1 Å². The Kier molecular flexibility index (Phi) is 4.69. The number of rotatable bonds is 3. The number of phenolic OH excluding ortho intramolecular Hbond substituents is 1. The second-order valence-corrected chi connectivity index (χ2v) is 8.00. The highest BCUT2D eigenvalue weighted by molar-refractivity contribution is 9.10. The van der Waals surface area contributed by atoms with E-state index in [0.29, 0.717) is 5.56 Å². The molecule has 0 aliphatic carbocycles. The van der Waals surface area contributed by atoms with Crippen molar-refractivity contribution in [2.75, 3.05) is 18.4 Å². The molecule has 3 aromatic rings. The van der Waals surface area contributed by atoms with Crippen molar-refractivity contribution in [2.24, 2.45) is 4.99 Å². The van der Waals surface area contributed by atoms with E-state index >= 15 is 0 Å². The number of nitrogens with one attached hydrogen (secondary N) is 2. The van der Waals surface area contributed by atoms with E-state index in [0.717, 1.165) is 51.5 Å². The molecule has 3 N–H and O–H groups in total. The topological polar surface area (TPSA) is 82.4 Å². The number of thiazole rings is 2. The van der Waals surface area contributed by atoms with Gasteiger partial charge in [-0.3, -0.25) is 4.99 Å². The van der Waals surface area contributed by atoms with Crippen molar-refractivity contribution in [3.05, 3.63) is 33.4 Å². The summed E-state index contributed by atoms with van der Waals surface area (Å²) in [5.74, 6) is 0.983. The fourth-order valence-electron chi connectivity index (χ4n) is 2.36. The molecule has 0 unspecified atom stereocenters. The summed E-state index contributed by atoms with van der Waals surface area (Å²) in [5, 5.41) is 21.9. The second kappa shape index (κ2) is 7.11. The van der Waals surface area contributed by atoms with Gasteiger partial charge in [-0.05, 0) is 24.6 Å². The number of phenols is 1. The van der Waals surface area contributed by atoms with Crippen LogP contribution in [0.1, 0.15) is 6.42 Å². The van der Waals surface area contributed by atoms with Crippen molar-refractivity contribution >= 4 is 49.7 Å². The number of anilines is 1. The van der Waals surface area contributed by atoms with Gasteiger partial charge < -0.3 is 15.7 Å². The quantitative estimate of drug-likeness (QED) is 0.574. The molecule has 0 atom stereocenters. The van der Waals surface area contributed by atoms with Crippen molar-refractivity contribution in [1.82, 2.24) is 15.3 Å². The number of nitrogens with zero attached hydrogens (tertiary/aromatic N) is 3. The molecular formula is C16H14BrN5OS2. The van der Waals surface area contributed by atoms with E-state index in [1.165, 1.54) is 22.7 Å². The average Bonchev–Trinajstić information content (AvgIpc) is 3.27. The van der Waals surface area contributed by atoms with E-state index in [1.807, 2.05) is 16.8 Å². The normalized spacial score (nSPS) is 14.0. The smallest absolute Gasteiger partial charge is 0.197 e. The molecule has 6 nitrogen and oxygen atoms in total. The Morgan fingerprint density at radius 2 is 2.00 bits per heavy atom. The summed E-state index contributed by atoms with van der Waals surface area (Å²) in [7, 11) is 0. The Bertz CT molecular complexity index is 936. The fourth-order valence-corrected chi connectivity index (χ4v) is 4.26. The number of halogens is 1. The van der Waals surface area contributed by atoms with Crippen molar-refractivity contribution in [2.45, 2.75) is 6.42 Å². The molecule has 1 aliphatic rings. The first-order valence-corrected chi connectivity index (χ1v) is 10.2. The SMILES string of the molecule is Oc1ccc(Br)cc1-c1nc(-c2csc(NC3=NCCCN3)n2)cs1. The molecular weight excluding hydrogens is 422 g/mol. The summed E-state index contributed by atoms with van der Waals surface area (Å²) in [6, 6.07) is 5.32. The lowest BCUT2D eigenvalue weighted by Gasteiger charge is -2.13. The third-order valence-electron chi connectivity index (χ3n) is 3.58. The van der Waals surface area contributed by atoms with Crippen LogP contribution >= 0.6 is 38.6 Å². The molecule has 1 aromatic carbocycles. The monoisotopic (exact) mass is 435 g/mol. The first-order chi connectivity index (χ1) is 12.2. The van der Waals surface area contributed by atoms with E-state index in [2.05, 4.69) is 41.5 Å². The summed E-state index contributed by atoms with van der Waals surface area (Å²) in [6.45, 7) is 1.76. The zero-order chi connectivity index (χ0) is 17.2. The molecule has 0 fully saturated rings. The Hall–Kier alpha value is -1.97. The van der Waals surface area contributed by atoms with Crippen LogP contribution < -0.4 is 10.6 Å². The number of aliphatic imine (C=N–C) groups is 1. The van der Waals surface area contributed by atoms with Gasteiger partial charge in [0.25, 0.3) is 0 Å². The van der Waals surface area contributed by atoms with Crippen LogP contribution in [0, 0.1) is 0 Å². The van der Waals surface area contributed by atoms with Gasteiger partial charge in [0, 0.05) is 28.3 Å². The second-order valence-electron chi connectivity index (χ2n) is 5.37. The van der Waals surface area contributed by atoms with E-state index in [1.54, 1.807) is 12.1 Å². The summed E-state index contributed by atoms with van der Waals surface area (Å²) < 4.78 is 0.901. The summed E-state index contributed by atoms with van der Waals surface area (Å²) >= 11 is 6.42.